The molecule has 0 radical (unpaired) electrons. The van der Waals surface area contributed by atoms with E-state index in [1.54, 1.807) is 6.92 Å². The summed E-state index contributed by atoms with van der Waals surface area (Å²) in [5.74, 6) is 0.782. The molecule has 0 fully saturated rings. The van der Waals surface area contributed by atoms with E-state index in [4.69, 9.17) is 8.83 Å². The molecule has 5 nitrogen and oxygen atoms in total. The molecule has 0 N–H and O–H groups in total. The highest BCUT2D eigenvalue weighted by molar-refractivity contribution is 7.90. The molecule has 0 spiro atoms. The maximum absolute atomic E-state index is 12.3. The molecule has 1 aromatic carbocycles. The summed E-state index contributed by atoms with van der Waals surface area (Å²) in [5, 5.41) is 0. The largest absolute Gasteiger partial charge is 0.468 e. The molecular formula is C15H13NO4S. The predicted octanol–water partition coefficient (Wildman–Crippen LogP) is 3.22. The van der Waals surface area contributed by atoms with Crippen LogP contribution in [0.4, 0.5) is 0 Å². The van der Waals surface area contributed by atoms with Gasteiger partial charge in [-0.3, -0.25) is 0 Å². The van der Waals surface area contributed by atoms with Gasteiger partial charge in [-0.15, -0.1) is 0 Å². The van der Waals surface area contributed by atoms with Crippen LogP contribution in [0.15, 0.2) is 62.6 Å². The van der Waals surface area contributed by atoms with Crippen LogP contribution in [0.25, 0.3) is 11.3 Å². The van der Waals surface area contributed by atoms with E-state index in [0.29, 0.717) is 11.5 Å². The fraction of sp³-hybridized carbons (Fsp3) is 0.133. The number of hydrogen-bond donors (Lipinski definition) is 0. The Kier molecular flexibility index (Phi) is 3.39. The third-order valence-electron chi connectivity index (χ3n) is 3.07. The lowest BCUT2D eigenvalue weighted by Crippen LogP contribution is -2.05. The number of nitrogens with zero attached hydrogens (tertiary/aromatic N) is 1. The third-order valence-corrected chi connectivity index (χ3v) is 4.79. The van der Waals surface area contributed by atoms with Crippen molar-refractivity contribution in [3.05, 3.63) is 60.5 Å². The minimum atomic E-state index is -3.52. The molecule has 0 unspecified atom stereocenters. The van der Waals surface area contributed by atoms with Crippen molar-refractivity contribution in [2.45, 2.75) is 17.6 Å². The van der Waals surface area contributed by atoms with Crippen LogP contribution in [-0.2, 0) is 15.6 Å². The average Bonchev–Trinajstić information content (AvgIpc) is 3.08. The molecule has 0 atom stereocenters. The Bertz CT molecular complexity index is 847. The van der Waals surface area contributed by atoms with E-state index >= 15 is 0 Å². The summed E-state index contributed by atoms with van der Waals surface area (Å²) in [5.41, 5.74) is 0.855. The quantitative estimate of drug-likeness (QED) is 0.740. The first-order chi connectivity index (χ1) is 10.1. The zero-order valence-electron chi connectivity index (χ0n) is 11.3. The molecule has 0 bridgehead atoms. The SMILES string of the molecule is Cc1occc1S(=O)(=O)Cc1ncc(-c2ccccc2)o1. The summed E-state index contributed by atoms with van der Waals surface area (Å²) >= 11 is 0. The van der Waals surface area contributed by atoms with E-state index in [0.717, 1.165) is 5.56 Å². The number of aryl methyl sites for hydroxylation is 1. The lowest BCUT2D eigenvalue weighted by molar-refractivity contribution is 0.513. The molecule has 2 aromatic heterocycles. The third kappa shape index (κ3) is 2.75. The van der Waals surface area contributed by atoms with Crippen LogP contribution in [0.5, 0.6) is 0 Å². The van der Waals surface area contributed by atoms with E-state index in [1.165, 1.54) is 18.5 Å². The number of sulfone groups is 1. The Morgan fingerprint density at radius 2 is 1.90 bits per heavy atom. The number of benzene rings is 1. The van der Waals surface area contributed by atoms with Gasteiger partial charge in [-0.25, -0.2) is 13.4 Å². The number of rotatable bonds is 4. The molecule has 0 aliphatic carbocycles. The Morgan fingerprint density at radius 3 is 2.57 bits per heavy atom. The minimum absolute atomic E-state index is 0.162. The monoisotopic (exact) mass is 303 g/mol. The second kappa shape index (κ2) is 5.21. The van der Waals surface area contributed by atoms with Crippen molar-refractivity contribution < 1.29 is 17.3 Å². The van der Waals surface area contributed by atoms with E-state index in [-0.39, 0.29) is 16.5 Å². The average molecular weight is 303 g/mol. The molecule has 0 saturated heterocycles. The minimum Gasteiger partial charge on any atom is -0.468 e. The van der Waals surface area contributed by atoms with Gasteiger partial charge in [0.05, 0.1) is 12.5 Å². The summed E-state index contributed by atoms with van der Waals surface area (Å²) in [7, 11) is -3.52. The number of furan rings is 1. The van der Waals surface area contributed by atoms with Crippen molar-refractivity contribution in [1.29, 1.82) is 0 Å². The van der Waals surface area contributed by atoms with Crippen LogP contribution < -0.4 is 0 Å². The van der Waals surface area contributed by atoms with Gasteiger partial charge in [-0.2, -0.15) is 0 Å². The second-order valence-electron chi connectivity index (χ2n) is 4.58. The molecule has 0 saturated carbocycles. The summed E-state index contributed by atoms with van der Waals surface area (Å²) in [6.45, 7) is 1.61. The van der Waals surface area contributed by atoms with Crippen molar-refractivity contribution in [2.24, 2.45) is 0 Å². The molecule has 0 amide bonds. The Labute approximate surface area is 122 Å². The van der Waals surface area contributed by atoms with Crippen LogP contribution in [0.3, 0.4) is 0 Å². The topological polar surface area (TPSA) is 73.3 Å². The van der Waals surface area contributed by atoms with Gasteiger partial charge >= 0.3 is 0 Å². The van der Waals surface area contributed by atoms with Gasteiger partial charge in [-0.05, 0) is 13.0 Å². The van der Waals surface area contributed by atoms with Crippen molar-refractivity contribution in [3.63, 3.8) is 0 Å². The van der Waals surface area contributed by atoms with Crippen molar-refractivity contribution >= 4 is 9.84 Å². The number of oxazole rings is 1. The van der Waals surface area contributed by atoms with Crippen LogP contribution in [0.2, 0.25) is 0 Å². The highest BCUT2D eigenvalue weighted by Gasteiger charge is 2.22. The maximum atomic E-state index is 12.3. The lowest BCUT2D eigenvalue weighted by atomic mass is 10.2. The highest BCUT2D eigenvalue weighted by atomic mass is 32.2. The van der Waals surface area contributed by atoms with Crippen molar-refractivity contribution in [1.82, 2.24) is 4.98 Å². The zero-order valence-corrected chi connectivity index (χ0v) is 12.1. The summed E-state index contributed by atoms with van der Waals surface area (Å²) in [6.07, 6.45) is 2.88. The standard InChI is InChI=1S/C15H13NO4S/c1-11-14(7-8-19-11)21(17,18)10-15-16-9-13(20-15)12-5-3-2-4-6-12/h2-9H,10H2,1H3. The first-order valence-electron chi connectivity index (χ1n) is 6.33. The smallest absolute Gasteiger partial charge is 0.210 e. The molecule has 108 valence electrons. The fourth-order valence-corrected chi connectivity index (χ4v) is 3.41. The Balaban J connectivity index is 1.87. The van der Waals surface area contributed by atoms with E-state index in [9.17, 15) is 8.42 Å². The molecule has 3 aromatic rings. The zero-order chi connectivity index (χ0) is 14.9. The normalized spacial score (nSPS) is 11.7. The summed E-state index contributed by atoms with van der Waals surface area (Å²) in [6, 6.07) is 10.8. The number of hydrogen-bond acceptors (Lipinski definition) is 5. The number of aromatic nitrogens is 1. The lowest BCUT2D eigenvalue weighted by Gasteiger charge is -1.99. The Morgan fingerprint density at radius 1 is 1.14 bits per heavy atom. The molecule has 3 rings (SSSR count). The van der Waals surface area contributed by atoms with Gasteiger partial charge in [0.25, 0.3) is 0 Å². The molecule has 6 heteroatoms. The van der Waals surface area contributed by atoms with E-state index < -0.39 is 9.84 Å². The van der Waals surface area contributed by atoms with Gasteiger partial charge in [0.15, 0.2) is 15.6 Å². The molecule has 0 aliphatic heterocycles. The maximum Gasteiger partial charge on any atom is 0.210 e. The van der Waals surface area contributed by atoms with Gasteiger partial charge < -0.3 is 8.83 Å². The highest BCUT2D eigenvalue weighted by Crippen LogP contribution is 2.24. The van der Waals surface area contributed by atoms with Gasteiger partial charge in [0.2, 0.25) is 5.89 Å². The first kappa shape index (κ1) is 13.6. The van der Waals surface area contributed by atoms with Crippen LogP contribution in [0.1, 0.15) is 11.7 Å². The van der Waals surface area contributed by atoms with Gasteiger partial charge in [0, 0.05) is 5.56 Å². The molecule has 2 heterocycles. The van der Waals surface area contributed by atoms with Gasteiger partial charge in [0.1, 0.15) is 16.4 Å². The van der Waals surface area contributed by atoms with Crippen molar-refractivity contribution in [3.8, 4) is 11.3 Å². The second-order valence-corrected chi connectivity index (χ2v) is 6.54. The van der Waals surface area contributed by atoms with Crippen molar-refractivity contribution in [2.75, 3.05) is 0 Å². The predicted molar refractivity (Wildman–Crippen MR) is 76.3 cm³/mol. The molecule has 21 heavy (non-hydrogen) atoms. The first-order valence-corrected chi connectivity index (χ1v) is 7.98. The molecule has 0 aliphatic rings. The fourth-order valence-electron chi connectivity index (χ4n) is 2.05. The van der Waals surface area contributed by atoms with Crippen LogP contribution in [0, 0.1) is 6.92 Å². The van der Waals surface area contributed by atoms with E-state index in [1.807, 2.05) is 30.3 Å². The Hall–Kier alpha value is -2.34. The summed E-state index contributed by atoms with van der Waals surface area (Å²) in [4.78, 5) is 4.21. The van der Waals surface area contributed by atoms with Crippen LogP contribution in [-0.4, -0.2) is 13.4 Å². The summed E-state index contributed by atoms with van der Waals surface area (Å²) < 4.78 is 35.1. The molecular weight excluding hydrogens is 290 g/mol. The van der Waals surface area contributed by atoms with Crippen LogP contribution >= 0.6 is 0 Å². The van der Waals surface area contributed by atoms with Gasteiger partial charge in [-0.1, -0.05) is 30.3 Å². The van der Waals surface area contributed by atoms with E-state index in [2.05, 4.69) is 4.98 Å².